The third kappa shape index (κ3) is 4.80. The summed E-state index contributed by atoms with van der Waals surface area (Å²) in [6, 6.07) is 13.4. The Kier molecular flexibility index (Phi) is 6.32. The smallest absolute Gasteiger partial charge is 0.231 e. The maximum absolute atomic E-state index is 11.1. The van der Waals surface area contributed by atoms with Crippen LogP contribution in [0.3, 0.4) is 0 Å². The van der Waals surface area contributed by atoms with Crippen molar-refractivity contribution in [2.24, 2.45) is 0 Å². The van der Waals surface area contributed by atoms with Crippen molar-refractivity contribution in [3.63, 3.8) is 0 Å². The molecule has 7 heteroatoms. The first kappa shape index (κ1) is 20.8. The van der Waals surface area contributed by atoms with Crippen LogP contribution in [0, 0.1) is 0 Å². The Morgan fingerprint density at radius 3 is 2.57 bits per heavy atom. The van der Waals surface area contributed by atoms with Crippen LogP contribution in [0.5, 0.6) is 17.2 Å². The summed E-state index contributed by atoms with van der Waals surface area (Å²) < 4.78 is 16.0. The van der Waals surface area contributed by atoms with Gasteiger partial charge in [-0.1, -0.05) is 6.07 Å². The lowest BCUT2D eigenvalue weighted by Crippen LogP contribution is -2.43. The molecule has 0 aromatic heterocycles. The van der Waals surface area contributed by atoms with Crippen molar-refractivity contribution in [1.29, 1.82) is 0 Å². The van der Waals surface area contributed by atoms with Crippen LogP contribution in [0.25, 0.3) is 0 Å². The number of benzene rings is 2. The summed E-state index contributed by atoms with van der Waals surface area (Å²) in [4.78, 5) is 2.30. The molecule has 3 N–H and O–H groups in total. The SMILES string of the molecule is COc1ccc(NCC(O)CCN2CCC(O)(c3ccc4c(c3)OCO4)CC2)cc1. The van der Waals surface area contributed by atoms with Gasteiger partial charge in [-0.05, 0) is 61.2 Å². The number of hydrogen-bond donors (Lipinski definition) is 3. The number of hydrogen-bond acceptors (Lipinski definition) is 7. The van der Waals surface area contributed by atoms with Crippen LogP contribution < -0.4 is 19.5 Å². The van der Waals surface area contributed by atoms with E-state index in [4.69, 9.17) is 14.2 Å². The molecule has 0 saturated carbocycles. The zero-order chi connectivity index (χ0) is 21.0. The van der Waals surface area contributed by atoms with Crippen molar-refractivity contribution in [2.45, 2.75) is 31.0 Å². The highest BCUT2D eigenvalue weighted by Gasteiger charge is 2.35. The van der Waals surface area contributed by atoms with E-state index in [0.717, 1.165) is 42.4 Å². The molecule has 2 aromatic carbocycles. The normalized spacial score (nSPS) is 18.8. The van der Waals surface area contributed by atoms with Crippen molar-refractivity contribution in [3.8, 4) is 17.2 Å². The first-order chi connectivity index (χ1) is 14.6. The average Bonchev–Trinajstić information content (AvgIpc) is 3.26. The number of likely N-dealkylation sites (tertiary alicyclic amines) is 1. The van der Waals surface area contributed by atoms with Gasteiger partial charge < -0.3 is 34.6 Å². The van der Waals surface area contributed by atoms with Crippen molar-refractivity contribution < 1.29 is 24.4 Å². The Morgan fingerprint density at radius 1 is 1.10 bits per heavy atom. The van der Waals surface area contributed by atoms with E-state index in [1.807, 2.05) is 42.5 Å². The molecule has 30 heavy (non-hydrogen) atoms. The molecule has 2 aliphatic rings. The molecule has 2 aliphatic heterocycles. The van der Waals surface area contributed by atoms with Gasteiger partial charge in [0.05, 0.1) is 18.8 Å². The molecular formula is C23H30N2O5. The number of anilines is 1. The second-order valence-electron chi connectivity index (χ2n) is 7.99. The molecule has 1 saturated heterocycles. The summed E-state index contributed by atoms with van der Waals surface area (Å²) in [5, 5.41) is 24.7. The number of nitrogens with zero attached hydrogens (tertiary/aromatic N) is 1. The first-order valence-corrected chi connectivity index (χ1v) is 10.5. The summed E-state index contributed by atoms with van der Waals surface area (Å²) in [5.41, 5.74) is 1.00. The number of rotatable bonds is 8. The van der Waals surface area contributed by atoms with Gasteiger partial charge in [0.15, 0.2) is 11.5 Å². The second-order valence-corrected chi connectivity index (χ2v) is 7.99. The topological polar surface area (TPSA) is 83.4 Å². The van der Waals surface area contributed by atoms with Gasteiger partial charge >= 0.3 is 0 Å². The molecule has 0 aliphatic carbocycles. The molecule has 4 rings (SSSR count). The molecule has 2 heterocycles. The summed E-state index contributed by atoms with van der Waals surface area (Å²) in [5.74, 6) is 2.25. The van der Waals surface area contributed by atoms with Crippen molar-refractivity contribution in [2.75, 3.05) is 45.4 Å². The lowest BCUT2D eigenvalue weighted by molar-refractivity contribution is -0.0279. The molecule has 0 radical (unpaired) electrons. The van der Waals surface area contributed by atoms with E-state index >= 15 is 0 Å². The van der Waals surface area contributed by atoms with E-state index in [0.29, 0.717) is 31.6 Å². The third-order valence-corrected chi connectivity index (χ3v) is 6.00. The van der Waals surface area contributed by atoms with E-state index in [2.05, 4.69) is 10.2 Å². The third-order valence-electron chi connectivity index (χ3n) is 6.00. The fourth-order valence-electron chi connectivity index (χ4n) is 4.00. The quantitative estimate of drug-likeness (QED) is 0.612. The molecule has 162 valence electrons. The molecule has 7 nitrogen and oxygen atoms in total. The minimum absolute atomic E-state index is 0.237. The zero-order valence-electron chi connectivity index (χ0n) is 17.3. The number of ether oxygens (including phenoxy) is 3. The monoisotopic (exact) mass is 414 g/mol. The van der Waals surface area contributed by atoms with E-state index in [1.165, 1.54) is 0 Å². The molecule has 1 fully saturated rings. The zero-order valence-corrected chi connectivity index (χ0v) is 17.3. The van der Waals surface area contributed by atoms with Crippen LogP contribution in [0.4, 0.5) is 5.69 Å². The highest BCUT2D eigenvalue weighted by Crippen LogP contribution is 2.39. The average molecular weight is 415 g/mol. The molecule has 0 amide bonds. The number of methoxy groups -OCH3 is 1. The van der Waals surface area contributed by atoms with Gasteiger partial charge in [-0.15, -0.1) is 0 Å². The fraction of sp³-hybridized carbons (Fsp3) is 0.478. The predicted octanol–water partition coefficient (Wildman–Crippen LogP) is 2.57. The number of aliphatic hydroxyl groups is 2. The van der Waals surface area contributed by atoms with Crippen LogP contribution in [0.15, 0.2) is 42.5 Å². The second kappa shape index (κ2) is 9.12. The number of nitrogens with one attached hydrogen (secondary N) is 1. The lowest BCUT2D eigenvalue weighted by Gasteiger charge is -2.38. The fourth-order valence-corrected chi connectivity index (χ4v) is 4.00. The Balaban J connectivity index is 1.20. The molecule has 0 spiro atoms. The van der Waals surface area contributed by atoms with Gasteiger partial charge in [0, 0.05) is 31.9 Å². The van der Waals surface area contributed by atoms with Gasteiger partial charge in [-0.25, -0.2) is 0 Å². The summed E-state index contributed by atoms with van der Waals surface area (Å²) in [7, 11) is 1.64. The predicted molar refractivity (Wildman–Crippen MR) is 114 cm³/mol. The number of piperidine rings is 1. The Hall–Kier alpha value is -2.48. The Bertz CT molecular complexity index is 834. The molecule has 0 bridgehead atoms. The summed E-state index contributed by atoms with van der Waals surface area (Å²) in [6.07, 6.45) is 1.58. The van der Waals surface area contributed by atoms with Crippen LogP contribution in [-0.4, -0.2) is 61.3 Å². The largest absolute Gasteiger partial charge is 0.497 e. The van der Waals surface area contributed by atoms with Crippen molar-refractivity contribution in [3.05, 3.63) is 48.0 Å². The highest BCUT2D eigenvalue weighted by molar-refractivity contribution is 5.47. The first-order valence-electron chi connectivity index (χ1n) is 10.5. The number of fused-ring (bicyclic) bond motifs is 1. The lowest BCUT2D eigenvalue weighted by atomic mass is 9.84. The molecule has 1 atom stereocenters. The van der Waals surface area contributed by atoms with Gasteiger partial charge in [0.2, 0.25) is 6.79 Å². The van der Waals surface area contributed by atoms with Crippen molar-refractivity contribution in [1.82, 2.24) is 4.90 Å². The molecule has 2 aromatic rings. The Morgan fingerprint density at radius 2 is 1.83 bits per heavy atom. The van der Waals surface area contributed by atoms with E-state index in [9.17, 15) is 10.2 Å². The maximum atomic E-state index is 11.1. The van der Waals surface area contributed by atoms with Crippen LogP contribution in [-0.2, 0) is 5.60 Å². The van der Waals surface area contributed by atoms with Gasteiger partial charge in [-0.3, -0.25) is 0 Å². The minimum atomic E-state index is -0.841. The van der Waals surface area contributed by atoms with E-state index in [-0.39, 0.29) is 6.79 Å². The van der Waals surface area contributed by atoms with E-state index in [1.54, 1.807) is 7.11 Å². The van der Waals surface area contributed by atoms with Crippen molar-refractivity contribution >= 4 is 5.69 Å². The summed E-state index contributed by atoms with van der Waals surface area (Å²) >= 11 is 0. The van der Waals surface area contributed by atoms with Crippen LogP contribution >= 0.6 is 0 Å². The number of aliphatic hydroxyl groups excluding tert-OH is 1. The van der Waals surface area contributed by atoms with E-state index < -0.39 is 11.7 Å². The Labute approximate surface area is 177 Å². The standard InChI is InChI=1S/C23H30N2O5/c1-28-20-5-3-18(4-6-20)24-15-19(26)8-11-25-12-9-23(27,10-13-25)17-2-7-21-22(14-17)30-16-29-21/h2-7,14,19,24,26-27H,8-13,15-16H2,1H3. The van der Waals surface area contributed by atoms with Crippen LogP contribution in [0.1, 0.15) is 24.8 Å². The molecular weight excluding hydrogens is 384 g/mol. The highest BCUT2D eigenvalue weighted by atomic mass is 16.7. The van der Waals surface area contributed by atoms with Gasteiger partial charge in [-0.2, -0.15) is 0 Å². The minimum Gasteiger partial charge on any atom is -0.497 e. The van der Waals surface area contributed by atoms with Gasteiger partial charge in [0.25, 0.3) is 0 Å². The maximum Gasteiger partial charge on any atom is 0.231 e. The van der Waals surface area contributed by atoms with Gasteiger partial charge in [0.1, 0.15) is 5.75 Å². The van der Waals surface area contributed by atoms with Crippen LogP contribution in [0.2, 0.25) is 0 Å². The summed E-state index contributed by atoms with van der Waals surface area (Å²) in [6.45, 7) is 3.14. The molecule has 1 unspecified atom stereocenters.